The summed E-state index contributed by atoms with van der Waals surface area (Å²) >= 11 is 5.85. The molecule has 2 nitrogen and oxygen atoms in total. The minimum absolute atomic E-state index is 0.110. The van der Waals surface area contributed by atoms with Crippen LogP contribution in [-0.4, -0.2) is 7.05 Å². The van der Waals surface area contributed by atoms with Crippen LogP contribution in [0.4, 0.5) is 4.39 Å². The Morgan fingerprint density at radius 1 is 1.15 bits per heavy atom. The fourth-order valence-corrected chi connectivity index (χ4v) is 2.52. The quantitative estimate of drug-likeness (QED) is 0.766. The van der Waals surface area contributed by atoms with Crippen molar-refractivity contribution in [1.29, 1.82) is 0 Å². The van der Waals surface area contributed by atoms with E-state index in [1.165, 1.54) is 6.07 Å². The second kappa shape index (κ2) is 5.27. The number of nitrogens with one attached hydrogen (secondary N) is 1. The highest BCUT2D eigenvalue weighted by molar-refractivity contribution is 6.30. The van der Waals surface area contributed by atoms with Gasteiger partial charge in [-0.15, -0.1) is 0 Å². The molecule has 1 atom stereocenters. The van der Waals surface area contributed by atoms with Crippen molar-refractivity contribution < 1.29 is 8.81 Å². The van der Waals surface area contributed by atoms with Crippen molar-refractivity contribution in [1.82, 2.24) is 5.32 Å². The minimum atomic E-state index is -0.422. The van der Waals surface area contributed by atoms with Crippen molar-refractivity contribution in [3.8, 4) is 0 Å². The summed E-state index contributed by atoms with van der Waals surface area (Å²) in [5, 5.41) is 4.17. The molecular formula is C16H13ClFNO. The van der Waals surface area contributed by atoms with Gasteiger partial charge in [0.25, 0.3) is 0 Å². The van der Waals surface area contributed by atoms with Crippen LogP contribution >= 0.6 is 11.6 Å². The highest BCUT2D eigenvalue weighted by Gasteiger charge is 2.21. The van der Waals surface area contributed by atoms with E-state index in [1.54, 1.807) is 19.2 Å². The molecule has 0 aliphatic rings. The van der Waals surface area contributed by atoms with Crippen LogP contribution in [0.3, 0.4) is 0 Å². The fourth-order valence-electron chi connectivity index (χ4n) is 2.34. The van der Waals surface area contributed by atoms with E-state index >= 15 is 0 Å². The highest BCUT2D eigenvalue weighted by Crippen LogP contribution is 2.31. The van der Waals surface area contributed by atoms with Crippen LogP contribution in [-0.2, 0) is 0 Å². The number of benzene rings is 2. The lowest BCUT2D eigenvalue weighted by atomic mass is 10.0. The summed E-state index contributed by atoms with van der Waals surface area (Å²) in [6.07, 6.45) is 0. The lowest BCUT2D eigenvalue weighted by Crippen LogP contribution is -2.18. The van der Waals surface area contributed by atoms with E-state index in [0.29, 0.717) is 11.3 Å². The maximum atomic E-state index is 14.2. The normalized spacial score (nSPS) is 12.8. The zero-order valence-corrected chi connectivity index (χ0v) is 11.6. The first-order chi connectivity index (χ1) is 9.70. The molecule has 20 heavy (non-hydrogen) atoms. The van der Waals surface area contributed by atoms with Gasteiger partial charge in [-0.25, -0.2) is 4.39 Å². The van der Waals surface area contributed by atoms with Gasteiger partial charge >= 0.3 is 0 Å². The molecule has 2 aromatic carbocycles. The maximum Gasteiger partial charge on any atom is 0.147 e. The van der Waals surface area contributed by atoms with Crippen LogP contribution in [0.2, 0.25) is 5.02 Å². The molecule has 1 unspecified atom stereocenters. The summed E-state index contributed by atoms with van der Waals surface area (Å²) in [6, 6.07) is 14.2. The fraction of sp³-hybridized carbons (Fsp3) is 0.125. The Morgan fingerprint density at radius 2 is 1.95 bits per heavy atom. The first-order valence-electron chi connectivity index (χ1n) is 6.30. The standard InChI is InChI=1S/C16H13ClFNO/c1-19-16(11-6-4-7-12(17)15(11)18)14-9-10-5-2-3-8-13(10)20-14/h2-9,16,19H,1H3. The molecule has 0 fully saturated rings. The largest absolute Gasteiger partial charge is 0.459 e. The van der Waals surface area contributed by atoms with Crippen LogP contribution in [0.5, 0.6) is 0 Å². The molecule has 0 amide bonds. The Balaban J connectivity index is 2.11. The third kappa shape index (κ3) is 2.19. The lowest BCUT2D eigenvalue weighted by Gasteiger charge is -2.15. The predicted molar refractivity (Wildman–Crippen MR) is 78.5 cm³/mol. The topological polar surface area (TPSA) is 25.2 Å². The van der Waals surface area contributed by atoms with Crippen molar-refractivity contribution in [2.75, 3.05) is 7.05 Å². The second-order valence-electron chi connectivity index (χ2n) is 4.55. The lowest BCUT2D eigenvalue weighted by molar-refractivity contribution is 0.476. The van der Waals surface area contributed by atoms with Crippen molar-refractivity contribution in [2.45, 2.75) is 6.04 Å². The molecule has 3 rings (SSSR count). The number of rotatable bonds is 3. The molecule has 3 aromatic rings. The van der Waals surface area contributed by atoms with E-state index in [-0.39, 0.29) is 11.1 Å². The minimum Gasteiger partial charge on any atom is -0.459 e. The van der Waals surface area contributed by atoms with Gasteiger partial charge in [0.1, 0.15) is 17.2 Å². The molecule has 0 spiro atoms. The summed E-state index contributed by atoms with van der Waals surface area (Å²) < 4.78 is 20.0. The number of para-hydroxylation sites is 1. The molecule has 0 saturated heterocycles. The van der Waals surface area contributed by atoms with Gasteiger partial charge in [0.2, 0.25) is 0 Å². The first kappa shape index (κ1) is 13.2. The van der Waals surface area contributed by atoms with Crippen molar-refractivity contribution in [2.24, 2.45) is 0 Å². The Bertz CT molecular complexity index is 720. The number of furan rings is 1. The molecule has 1 N–H and O–H groups in total. The Hall–Kier alpha value is -1.84. The maximum absolute atomic E-state index is 14.2. The van der Waals surface area contributed by atoms with Gasteiger partial charge in [0.15, 0.2) is 0 Å². The van der Waals surface area contributed by atoms with Crippen molar-refractivity contribution >= 4 is 22.6 Å². The first-order valence-corrected chi connectivity index (χ1v) is 6.68. The van der Waals surface area contributed by atoms with Crippen molar-refractivity contribution in [3.63, 3.8) is 0 Å². The average Bonchev–Trinajstić information content (AvgIpc) is 2.87. The van der Waals surface area contributed by atoms with Crippen molar-refractivity contribution in [3.05, 3.63) is 70.7 Å². The number of hydrogen-bond acceptors (Lipinski definition) is 2. The molecular weight excluding hydrogens is 277 g/mol. The van der Waals surface area contributed by atoms with E-state index in [0.717, 1.165) is 11.0 Å². The zero-order valence-electron chi connectivity index (χ0n) is 10.9. The third-order valence-electron chi connectivity index (χ3n) is 3.31. The Labute approximate surface area is 121 Å². The van der Waals surface area contributed by atoms with Gasteiger partial charge in [-0.3, -0.25) is 0 Å². The van der Waals surface area contributed by atoms with E-state index in [2.05, 4.69) is 5.32 Å². The summed E-state index contributed by atoms with van der Waals surface area (Å²) in [4.78, 5) is 0. The van der Waals surface area contributed by atoms with Gasteiger partial charge < -0.3 is 9.73 Å². The van der Waals surface area contributed by atoms with E-state index in [1.807, 2.05) is 30.3 Å². The third-order valence-corrected chi connectivity index (χ3v) is 3.60. The zero-order chi connectivity index (χ0) is 14.1. The molecule has 0 aliphatic carbocycles. The molecule has 1 heterocycles. The van der Waals surface area contributed by atoms with Crippen LogP contribution in [0, 0.1) is 5.82 Å². The predicted octanol–water partition coefficient (Wildman–Crippen LogP) is 4.53. The Kier molecular flexibility index (Phi) is 3.47. The highest BCUT2D eigenvalue weighted by atomic mass is 35.5. The Morgan fingerprint density at radius 3 is 2.70 bits per heavy atom. The number of hydrogen-bond donors (Lipinski definition) is 1. The van der Waals surface area contributed by atoms with Gasteiger partial charge in [-0.1, -0.05) is 41.9 Å². The average molecular weight is 290 g/mol. The molecule has 102 valence electrons. The van der Waals surface area contributed by atoms with E-state index in [4.69, 9.17) is 16.0 Å². The van der Waals surface area contributed by atoms with E-state index in [9.17, 15) is 4.39 Å². The molecule has 0 aliphatic heterocycles. The molecule has 4 heteroatoms. The van der Waals surface area contributed by atoms with Gasteiger partial charge in [0.05, 0.1) is 11.1 Å². The summed E-state index contributed by atoms with van der Waals surface area (Å²) in [6.45, 7) is 0. The molecule has 1 aromatic heterocycles. The number of fused-ring (bicyclic) bond motifs is 1. The van der Waals surface area contributed by atoms with Gasteiger partial charge in [-0.05, 0) is 25.2 Å². The summed E-state index contributed by atoms with van der Waals surface area (Å²) in [5.41, 5.74) is 1.25. The molecule has 0 bridgehead atoms. The number of halogens is 2. The summed E-state index contributed by atoms with van der Waals surface area (Å²) in [5.74, 6) is 0.240. The molecule has 0 radical (unpaired) electrons. The van der Waals surface area contributed by atoms with E-state index < -0.39 is 5.82 Å². The van der Waals surface area contributed by atoms with Crippen LogP contribution in [0.1, 0.15) is 17.4 Å². The van der Waals surface area contributed by atoms with Gasteiger partial charge in [-0.2, -0.15) is 0 Å². The molecule has 0 saturated carbocycles. The monoisotopic (exact) mass is 289 g/mol. The van der Waals surface area contributed by atoms with Crippen LogP contribution < -0.4 is 5.32 Å². The smallest absolute Gasteiger partial charge is 0.147 e. The summed E-state index contributed by atoms with van der Waals surface area (Å²) in [7, 11) is 1.76. The van der Waals surface area contributed by atoms with Gasteiger partial charge in [0, 0.05) is 10.9 Å². The van der Waals surface area contributed by atoms with Crippen LogP contribution in [0.25, 0.3) is 11.0 Å². The second-order valence-corrected chi connectivity index (χ2v) is 4.96. The van der Waals surface area contributed by atoms with Crippen LogP contribution in [0.15, 0.2) is 52.9 Å². The SMILES string of the molecule is CNC(c1cc2ccccc2o1)c1cccc(Cl)c1F.